The third-order valence-electron chi connectivity index (χ3n) is 6.26. The summed E-state index contributed by atoms with van der Waals surface area (Å²) in [5, 5.41) is 64.3. The van der Waals surface area contributed by atoms with Gasteiger partial charge in [0.15, 0.2) is 0 Å². The second-order valence-corrected chi connectivity index (χ2v) is 9.22. The fourth-order valence-corrected chi connectivity index (χ4v) is 4.26. The minimum atomic E-state index is -4.77. The van der Waals surface area contributed by atoms with Crippen LogP contribution in [0.25, 0.3) is 0 Å². The molecule has 0 amide bonds. The number of aliphatic hydroxyl groups excluding tert-OH is 4. The highest BCUT2D eigenvalue weighted by atomic mass is 19.4. The van der Waals surface area contributed by atoms with E-state index in [2.05, 4.69) is 0 Å². The molecule has 38 heavy (non-hydrogen) atoms. The zero-order chi connectivity index (χ0) is 28.9. The molecule has 0 aliphatic carbocycles. The van der Waals surface area contributed by atoms with Crippen molar-refractivity contribution in [2.75, 3.05) is 6.61 Å². The van der Waals surface area contributed by atoms with E-state index in [1.54, 1.807) is 0 Å². The molecule has 0 saturated carbocycles. The first kappa shape index (κ1) is 31.7. The van der Waals surface area contributed by atoms with Gasteiger partial charge in [0.1, 0.15) is 29.5 Å². The zero-order valence-corrected chi connectivity index (χ0v) is 20.3. The van der Waals surface area contributed by atoms with Crippen LogP contribution in [-0.2, 0) is 25.2 Å². The molecule has 0 aromatic heterocycles. The summed E-state index contributed by atoms with van der Waals surface area (Å²) < 4.78 is 79.3. The minimum absolute atomic E-state index is 0.107. The highest BCUT2D eigenvalue weighted by Gasteiger charge is 2.54. The number of hydrogen-bond acceptors (Lipinski definition) is 6. The van der Waals surface area contributed by atoms with E-state index in [0.717, 1.165) is 36.4 Å². The van der Waals surface area contributed by atoms with Gasteiger partial charge in [-0.15, -0.1) is 0 Å². The first-order valence-electron chi connectivity index (χ1n) is 11.5. The van der Waals surface area contributed by atoms with Crippen molar-refractivity contribution in [2.24, 2.45) is 0 Å². The number of allylic oxidation sites excluding steroid dienone is 1. The molecule has 0 aliphatic rings. The van der Waals surface area contributed by atoms with Gasteiger partial charge < -0.3 is 30.6 Å². The molecular weight excluding hydrogens is 522 g/mol. The number of benzene rings is 2. The lowest BCUT2D eigenvalue weighted by Crippen LogP contribution is -2.66. The van der Waals surface area contributed by atoms with Crippen molar-refractivity contribution >= 4 is 0 Å². The van der Waals surface area contributed by atoms with Crippen molar-refractivity contribution in [3.05, 3.63) is 82.9 Å². The van der Waals surface area contributed by atoms with Crippen LogP contribution in [0.15, 0.2) is 60.7 Å². The predicted molar refractivity (Wildman–Crippen MR) is 125 cm³/mol. The average Bonchev–Trinajstić information content (AvgIpc) is 2.85. The molecule has 2 aromatic carbocycles. The van der Waals surface area contributed by atoms with Crippen molar-refractivity contribution in [3.63, 3.8) is 0 Å². The van der Waals surface area contributed by atoms with Crippen molar-refractivity contribution in [1.29, 1.82) is 0 Å². The standard InChI is InChI=1S/C26H30F6O6/c1-2-3-10-23(37,13-16-6-4-8-18(11-16)25(27,28)29)22(36)24(38,21(35)20(34)15-33)14-17-7-5-9-19(12-17)26(30,31)32/h2-9,11-12,20-22,33-38H,10,13-15H2,1H3/b3-2+/t20-,21+,22+,23?,24+/m0/s1. The van der Waals surface area contributed by atoms with Crippen LogP contribution < -0.4 is 0 Å². The van der Waals surface area contributed by atoms with Crippen LogP contribution in [0, 0.1) is 0 Å². The van der Waals surface area contributed by atoms with E-state index < -0.39 is 78.9 Å². The van der Waals surface area contributed by atoms with Crippen LogP contribution in [0.2, 0.25) is 0 Å². The molecule has 12 heteroatoms. The van der Waals surface area contributed by atoms with E-state index in [1.165, 1.54) is 25.1 Å². The topological polar surface area (TPSA) is 121 Å². The largest absolute Gasteiger partial charge is 0.416 e. The second-order valence-electron chi connectivity index (χ2n) is 9.22. The Morgan fingerprint density at radius 3 is 1.68 bits per heavy atom. The fraction of sp³-hybridized carbons (Fsp3) is 0.462. The Kier molecular flexibility index (Phi) is 10.1. The van der Waals surface area contributed by atoms with E-state index in [4.69, 9.17) is 0 Å². The Hall–Kier alpha value is -2.48. The van der Waals surface area contributed by atoms with Gasteiger partial charge in [0.25, 0.3) is 0 Å². The Labute approximate surface area is 215 Å². The predicted octanol–water partition coefficient (Wildman–Crippen LogP) is 3.01. The minimum Gasteiger partial charge on any atom is -0.394 e. The van der Waals surface area contributed by atoms with Gasteiger partial charge in [-0.1, -0.05) is 48.6 Å². The molecule has 0 saturated heterocycles. The maximum Gasteiger partial charge on any atom is 0.416 e. The number of hydrogen-bond donors (Lipinski definition) is 6. The summed E-state index contributed by atoms with van der Waals surface area (Å²) in [6, 6.07) is 7.33. The third kappa shape index (κ3) is 7.55. The Morgan fingerprint density at radius 1 is 0.789 bits per heavy atom. The summed E-state index contributed by atoms with van der Waals surface area (Å²) >= 11 is 0. The second kappa shape index (κ2) is 12.1. The summed E-state index contributed by atoms with van der Waals surface area (Å²) in [7, 11) is 0. The molecular formula is C26H30F6O6. The molecule has 0 bridgehead atoms. The number of alkyl halides is 6. The summed E-state index contributed by atoms with van der Waals surface area (Å²) in [5.41, 5.74) is -7.97. The lowest BCUT2D eigenvalue weighted by Gasteiger charge is -2.46. The van der Waals surface area contributed by atoms with Crippen molar-refractivity contribution in [1.82, 2.24) is 0 Å². The van der Waals surface area contributed by atoms with Crippen LogP contribution >= 0.6 is 0 Å². The van der Waals surface area contributed by atoms with Crippen LogP contribution in [0.1, 0.15) is 35.6 Å². The quantitative estimate of drug-likeness (QED) is 0.188. The van der Waals surface area contributed by atoms with E-state index in [-0.39, 0.29) is 11.1 Å². The highest BCUT2D eigenvalue weighted by molar-refractivity contribution is 5.30. The smallest absolute Gasteiger partial charge is 0.394 e. The van der Waals surface area contributed by atoms with E-state index in [1.807, 2.05) is 0 Å². The van der Waals surface area contributed by atoms with Crippen molar-refractivity contribution in [3.8, 4) is 0 Å². The van der Waals surface area contributed by atoms with Gasteiger partial charge in [-0.25, -0.2) is 0 Å². The van der Waals surface area contributed by atoms with Gasteiger partial charge in [0.2, 0.25) is 0 Å². The van der Waals surface area contributed by atoms with Gasteiger partial charge in [0.05, 0.1) is 17.7 Å². The molecule has 0 aliphatic heterocycles. The van der Waals surface area contributed by atoms with Crippen LogP contribution in [0.3, 0.4) is 0 Å². The number of halogens is 6. The summed E-state index contributed by atoms with van der Waals surface area (Å²) in [6.07, 6.45) is -15.7. The van der Waals surface area contributed by atoms with Crippen molar-refractivity contribution in [2.45, 2.75) is 68.1 Å². The van der Waals surface area contributed by atoms with Gasteiger partial charge in [-0.2, -0.15) is 26.3 Å². The monoisotopic (exact) mass is 552 g/mol. The normalized spacial score (nSPS) is 18.6. The lowest BCUT2D eigenvalue weighted by molar-refractivity contribution is -0.228. The molecule has 6 N–H and O–H groups in total. The summed E-state index contributed by atoms with van der Waals surface area (Å²) in [5.74, 6) is 0. The molecule has 0 fully saturated rings. The van der Waals surface area contributed by atoms with E-state index >= 15 is 0 Å². The first-order valence-corrected chi connectivity index (χ1v) is 11.5. The molecule has 0 spiro atoms. The van der Waals surface area contributed by atoms with Gasteiger partial charge in [0, 0.05) is 12.8 Å². The maximum absolute atomic E-state index is 13.2. The average molecular weight is 553 g/mol. The number of rotatable bonds is 11. The van der Waals surface area contributed by atoms with Gasteiger partial charge in [-0.3, -0.25) is 0 Å². The number of aliphatic hydroxyl groups is 6. The molecule has 5 atom stereocenters. The molecule has 212 valence electrons. The van der Waals surface area contributed by atoms with Gasteiger partial charge in [-0.05, 0) is 36.6 Å². The Morgan fingerprint density at radius 2 is 1.26 bits per heavy atom. The molecule has 1 unspecified atom stereocenters. The summed E-state index contributed by atoms with van der Waals surface area (Å²) in [4.78, 5) is 0. The molecule has 2 rings (SSSR count). The maximum atomic E-state index is 13.2. The SMILES string of the molecule is C/C=C/CC(O)(Cc1cccc(C(F)(F)F)c1)[C@@H](O)[C@@](O)(Cc1cccc(C(F)(F)F)c1)[C@H](O)[C@@H](O)CO. The first-order chi connectivity index (χ1) is 17.5. The van der Waals surface area contributed by atoms with Crippen LogP contribution in [0.4, 0.5) is 26.3 Å². The Bertz CT molecular complexity index is 1090. The fourth-order valence-electron chi connectivity index (χ4n) is 4.26. The Balaban J connectivity index is 2.60. The van der Waals surface area contributed by atoms with Gasteiger partial charge >= 0.3 is 12.4 Å². The highest BCUT2D eigenvalue weighted by Crippen LogP contribution is 2.37. The summed E-state index contributed by atoms with van der Waals surface area (Å²) in [6.45, 7) is 0.413. The molecule has 0 heterocycles. The van der Waals surface area contributed by atoms with E-state index in [0.29, 0.717) is 6.07 Å². The molecule has 6 nitrogen and oxygen atoms in total. The molecule has 0 radical (unpaired) electrons. The van der Waals surface area contributed by atoms with Crippen molar-refractivity contribution < 1.29 is 57.0 Å². The third-order valence-corrected chi connectivity index (χ3v) is 6.26. The molecule has 2 aromatic rings. The zero-order valence-electron chi connectivity index (χ0n) is 20.3. The lowest BCUT2D eigenvalue weighted by atomic mass is 9.71. The van der Waals surface area contributed by atoms with E-state index in [9.17, 15) is 57.0 Å². The van der Waals surface area contributed by atoms with Crippen LogP contribution in [0.5, 0.6) is 0 Å². The van der Waals surface area contributed by atoms with Crippen LogP contribution in [-0.4, -0.2) is 66.8 Å².